The van der Waals surface area contributed by atoms with Gasteiger partial charge in [-0.3, -0.25) is 4.79 Å². The van der Waals surface area contributed by atoms with Gasteiger partial charge in [0.1, 0.15) is 52.6 Å². The highest BCUT2D eigenvalue weighted by Crippen LogP contribution is 2.36. The van der Waals surface area contributed by atoms with Gasteiger partial charge in [-0.15, -0.1) is 0 Å². The molecule has 0 bridgehead atoms. The van der Waals surface area contributed by atoms with E-state index in [2.05, 4.69) is 27.8 Å². The van der Waals surface area contributed by atoms with Gasteiger partial charge in [-0.25, -0.2) is 9.59 Å². The molecule has 1 aliphatic carbocycles. The van der Waals surface area contributed by atoms with Gasteiger partial charge in [-0.05, 0) is 101 Å². The summed E-state index contributed by atoms with van der Waals surface area (Å²) in [6, 6.07) is -3.18. The molecule has 3 amide bonds. The van der Waals surface area contributed by atoms with E-state index in [-0.39, 0.29) is 17.7 Å². The fourth-order valence-corrected chi connectivity index (χ4v) is 7.25. The fourth-order valence-electron chi connectivity index (χ4n) is 7.25. The molecule has 350 valence electrons. The lowest BCUT2D eigenvalue weighted by molar-refractivity contribution is -0.302. The number of aliphatic hydroxyl groups is 4. The summed E-state index contributed by atoms with van der Waals surface area (Å²) in [7, 11) is 1.35. The summed E-state index contributed by atoms with van der Waals surface area (Å²) in [5.41, 5.74) is 2.65. The Kier molecular flexibility index (Phi) is 17.8. The van der Waals surface area contributed by atoms with E-state index in [0.29, 0.717) is 37.7 Å². The summed E-state index contributed by atoms with van der Waals surface area (Å²) in [5.74, 6) is -1.00. The normalized spacial score (nSPS) is 30.2. The Bertz CT molecular complexity index is 1560. The minimum absolute atomic E-state index is 0.0342. The van der Waals surface area contributed by atoms with Crippen LogP contribution in [0, 0.1) is 11.3 Å². The number of carbonyl (C=O) groups excluding carboxylic acids is 3. The van der Waals surface area contributed by atoms with Crippen LogP contribution in [-0.4, -0.2) is 166 Å². The number of hydrogen-bond acceptors (Lipinski definition) is 17. The van der Waals surface area contributed by atoms with E-state index < -0.39 is 109 Å². The van der Waals surface area contributed by atoms with E-state index in [1.807, 2.05) is 26.8 Å². The summed E-state index contributed by atoms with van der Waals surface area (Å²) >= 11 is 0. The minimum Gasteiger partial charge on any atom is -0.491 e. The number of nitrogens with zero attached hydrogens (tertiary/aromatic N) is 1. The Morgan fingerprint density at radius 1 is 1.02 bits per heavy atom. The minimum atomic E-state index is -1.79. The van der Waals surface area contributed by atoms with Crippen LogP contribution in [0.25, 0.3) is 0 Å². The van der Waals surface area contributed by atoms with Gasteiger partial charge in [0, 0.05) is 31.8 Å². The van der Waals surface area contributed by atoms with Gasteiger partial charge < -0.3 is 86.2 Å². The van der Waals surface area contributed by atoms with E-state index >= 15 is 0 Å². The van der Waals surface area contributed by atoms with Crippen molar-refractivity contribution in [2.75, 3.05) is 39.8 Å². The summed E-state index contributed by atoms with van der Waals surface area (Å²) in [6.07, 6.45) is -8.01. The van der Waals surface area contributed by atoms with Crippen LogP contribution in [-0.2, 0) is 33.2 Å². The zero-order valence-corrected chi connectivity index (χ0v) is 37.7. The van der Waals surface area contributed by atoms with Crippen molar-refractivity contribution >= 4 is 23.8 Å². The lowest BCUT2D eigenvalue weighted by Gasteiger charge is -2.50. The number of likely N-dealkylation sites (N-methyl/N-ethyl adjacent to an activating group) is 1. The van der Waals surface area contributed by atoms with Crippen molar-refractivity contribution in [2.24, 2.45) is 11.7 Å². The Balaban J connectivity index is 1.81. The maximum Gasteiger partial charge on any atom is 0.410 e. The van der Waals surface area contributed by atoms with Crippen LogP contribution in [0.2, 0.25) is 0 Å². The summed E-state index contributed by atoms with van der Waals surface area (Å²) < 4.78 is 34.8. The SMILES string of the molecule is C=C(NCCCNCC1=CC[C@@H](N)[C@@H](C2C(=N)C[C@@H](NC(=O)[C@H](O)CNC(=O)OC(C)(C)C)[C@H](O[C@H]3OC[C@](C)(O)[C@H](N(C)C(=O)OC(C)(C)C)[C@H]3O)[C@H]2O)O1)OC(C)(C)C. The third-order valence-corrected chi connectivity index (χ3v) is 9.84. The number of carbonyl (C=O) groups is 3. The molecule has 0 radical (unpaired) electrons. The molecule has 11 atom stereocenters. The van der Waals surface area contributed by atoms with E-state index in [0.717, 1.165) is 11.3 Å². The molecule has 2 fully saturated rings. The van der Waals surface area contributed by atoms with Crippen molar-refractivity contribution in [3.8, 4) is 0 Å². The first-order chi connectivity index (χ1) is 28.0. The molecule has 20 nitrogen and oxygen atoms in total. The predicted molar refractivity (Wildman–Crippen MR) is 224 cm³/mol. The van der Waals surface area contributed by atoms with Crippen LogP contribution >= 0.6 is 0 Å². The van der Waals surface area contributed by atoms with Gasteiger partial charge in [0.2, 0.25) is 0 Å². The van der Waals surface area contributed by atoms with Crippen LogP contribution in [0.15, 0.2) is 24.3 Å². The number of nitrogens with one attached hydrogen (secondary N) is 5. The average Bonchev–Trinajstić information content (AvgIpc) is 3.09. The molecule has 3 aliphatic rings. The second-order valence-electron chi connectivity index (χ2n) is 19.2. The maximum atomic E-state index is 13.4. The number of ether oxygens (including phenoxy) is 6. The molecule has 0 spiro atoms. The third kappa shape index (κ3) is 15.8. The Morgan fingerprint density at radius 2 is 1.64 bits per heavy atom. The first-order valence-electron chi connectivity index (χ1n) is 20.8. The molecule has 2 heterocycles. The number of amides is 3. The van der Waals surface area contributed by atoms with E-state index in [1.165, 1.54) is 14.0 Å². The Labute approximate surface area is 359 Å². The fraction of sp³-hybridized carbons (Fsp3) is 0.805. The van der Waals surface area contributed by atoms with Crippen molar-refractivity contribution in [1.82, 2.24) is 26.2 Å². The standard InChI is InChI=1S/C41H73N7O13/c1-22(59-38(2,3)4)45-17-13-16-44-19-23-14-15-24(42)31(57-23)28-25(43)18-26(47-34(52)27(49)20-46-36(53)60-39(5,6)7)32(29(28)50)58-35-30(51)33(41(11,55)21-56-35)48(12)37(54)61-40(8,9)10/h14,24,26-33,35,43-45,49-51,55H,1,13,15-21,42H2,2-12H3,(H,46,53)(H,47,52)/t24-,26-,27-,28?,29+,30-,31+,32+,33-,35-,41+/m1/s1. The zero-order chi connectivity index (χ0) is 46.2. The van der Waals surface area contributed by atoms with Gasteiger partial charge in [-0.1, -0.05) is 0 Å². The van der Waals surface area contributed by atoms with E-state index in [9.17, 15) is 34.8 Å². The van der Waals surface area contributed by atoms with Crippen LogP contribution in [0.3, 0.4) is 0 Å². The summed E-state index contributed by atoms with van der Waals surface area (Å²) in [5, 5.41) is 66.4. The molecule has 1 saturated carbocycles. The van der Waals surface area contributed by atoms with Crippen molar-refractivity contribution in [3.05, 3.63) is 24.3 Å². The molecule has 2 aliphatic heterocycles. The first-order valence-corrected chi connectivity index (χ1v) is 20.8. The van der Waals surface area contributed by atoms with Crippen LogP contribution < -0.4 is 27.0 Å². The lowest BCUT2D eigenvalue weighted by Crippen LogP contribution is -2.69. The quantitative estimate of drug-likeness (QED) is 0.0755. The van der Waals surface area contributed by atoms with Crippen molar-refractivity contribution in [1.29, 1.82) is 5.41 Å². The van der Waals surface area contributed by atoms with Crippen LogP contribution in [0.4, 0.5) is 9.59 Å². The van der Waals surface area contributed by atoms with Crippen LogP contribution in [0.5, 0.6) is 0 Å². The summed E-state index contributed by atoms with van der Waals surface area (Å²) in [6.45, 7) is 21.7. The number of hydrogen-bond donors (Lipinski definition) is 10. The molecule has 1 unspecified atom stereocenters. The molecular formula is C41H73N7O13. The van der Waals surface area contributed by atoms with Gasteiger partial charge >= 0.3 is 12.2 Å². The monoisotopic (exact) mass is 872 g/mol. The zero-order valence-electron chi connectivity index (χ0n) is 37.7. The van der Waals surface area contributed by atoms with Crippen LogP contribution in [0.1, 0.15) is 88.5 Å². The second kappa shape index (κ2) is 21.1. The van der Waals surface area contributed by atoms with Gasteiger partial charge in [-0.2, -0.15) is 0 Å². The number of aliphatic hydroxyl groups excluding tert-OH is 3. The summed E-state index contributed by atoms with van der Waals surface area (Å²) in [4.78, 5) is 39.7. The second-order valence-corrected chi connectivity index (χ2v) is 19.2. The first kappa shape index (κ1) is 51.6. The number of rotatable bonds is 16. The topological polar surface area (TPSA) is 289 Å². The third-order valence-electron chi connectivity index (χ3n) is 9.84. The van der Waals surface area contributed by atoms with Crippen molar-refractivity contribution in [3.63, 3.8) is 0 Å². The molecular weight excluding hydrogens is 798 g/mol. The largest absolute Gasteiger partial charge is 0.491 e. The molecule has 20 heteroatoms. The average molecular weight is 872 g/mol. The van der Waals surface area contributed by atoms with Gasteiger partial charge in [0.25, 0.3) is 5.91 Å². The molecule has 11 N–H and O–H groups in total. The van der Waals surface area contributed by atoms with E-state index in [4.69, 9.17) is 39.6 Å². The van der Waals surface area contributed by atoms with Crippen molar-refractivity contribution in [2.45, 2.75) is 166 Å². The molecule has 0 aromatic heterocycles. The lowest BCUT2D eigenvalue weighted by atomic mass is 9.74. The predicted octanol–water partition coefficient (Wildman–Crippen LogP) is 0.702. The smallest absolute Gasteiger partial charge is 0.410 e. The van der Waals surface area contributed by atoms with Gasteiger partial charge in [0.15, 0.2) is 12.2 Å². The number of nitrogens with two attached hydrogens (primary N) is 1. The molecule has 61 heavy (non-hydrogen) atoms. The Morgan fingerprint density at radius 3 is 2.25 bits per heavy atom. The molecule has 0 aromatic rings. The maximum absolute atomic E-state index is 13.4. The highest BCUT2D eigenvalue weighted by atomic mass is 16.7. The van der Waals surface area contributed by atoms with Gasteiger partial charge in [0.05, 0.1) is 43.8 Å². The van der Waals surface area contributed by atoms with E-state index in [1.54, 1.807) is 41.5 Å². The highest BCUT2D eigenvalue weighted by molar-refractivity contribution is 5.88. The molecule has 3 rings (SSSR count). The Hall–Kier alpha value is -3.76. The molecule has 0 aromatic carbocycles. The number of alkyl carbamates (subject to hydrolysis) is 1. The molecule has 1 saturated heterocycles. The highest BCUT2D eigenvalue weighted by Gasteiger charge is 2.55. The van der Waals surface area contributed by atoms with Crippen molar-refractivity contribution < 1.29 is 63.2 Å².